The van der Waals surface area contributed by atoms with E-state index < -0.39 is 0 Å². The molecule has 5 heteroatoms. The zero-order valence-corrected chi connectivity index (χ0v) is 8.29. The molecule has 2 heterocycles. The highest BCUT2D eigenvalue weighted by atomic mass is 16.5. The van der Waals surface area contributed by atoms with Crippen molar-refractivity contribution >= 4 is 0 Å². The molecule has 0 bridgehead atoms. The summed E-state index contributed by atoms with van der Waals surface area (Å²) in [5.74, 6) is 0.492. The first-order chi connectivity index (χ1) is 6.61. The third-order valence-electron chi connectivity index (χ3n) is 2.30. The van der Waals surface area contributed by atoms with E-state index in [4.69, 9.17) is 4.52 Å². The Morgan fingerprint density at radius 3 is 2.57 bits per heavy atom. The highest BCUT2D eigenvalue weighted by molar-refractivity contribution is 5.33. The molecule has 0 spiro atoms. The van der Waals surface area contributed by atoms with Gasteiger partial charge < -0.3 is 9.51 Å². The summed E-state index contributed by atoms with van der Waals surface area (Å²) < 4.78 is 6.56. The van der Waals surface area contributed by atoms with Crippen molar-refractivity contribution in [2.24, 2.45) is 0 Å². The van der Waals surface area contributed by atoms with Crippen LogP contribution in [0, 0.1) is 20.8 Å². The van der Waals surface area contributed by atoms with Crippen molar-refractivity contribution in [1.29, 1.82) is 0 Å². The lowest BCUT2D eigenvalue weighted by atomic mass is 10.3. The molecule has 0 unspecified atom stereocenters. The normalized spacial score (nSPS) is 10.8. The van der Waals surface area contributed by atoms with Crippen molar-refractivity contribution in [2.75, 3.05) is 0 Å². The Labute approximate surface area is 80.3 Å². The monoisotopic (exact) mass is 193 g/mol. The number of aromatic amines is 1. The number of nitrogens with zero attached hydrogens (tertiary/aromatic N) is 2. The Morgan fingerprint density at radius 2 is 2.14 bits per heavy atom. The van der Waals surface area contributed by atoms with Crippen LogP contribution in [0.2, 0.25) is 0 Å². The van der Waals surface area contributed by atoms with E-state index in [1.54, 1.807) is 6.20 Å². The summed E-state index contributed by atoms with van der Waals surface area (Å²) in [6.45, 7) is 5.55. The van der Waals surface area contributed by atoms with Crippen LogP contribution in [-0.2, 0) is 0 Å². The van der Waals surface area contributed by atoms with Crippen LogP contribution in [0.4, 0.5) is 0 Å². The molecule has 0 aliphatic carbocycles. The molecule has 0 aliphatic rings. The van der Waals surface area contributed by atoms with Gasteiger partial charge in [-0.15, -0.1) is 0 Å². The van der Waals surface area contributed by atoms with Gasteiger partial charge in [0.05, 0.1) is 5.69 Å². The molecule has 0 atom stereocenters. The van der Waals surface area contributed by atoms with Crippen molar-refractivity contribution in [3.05, 3.63) is 33.6 Å². The Hall–Kier alpha value is -1.78. The molecule has 74 valence electrons. The van der Waals surface area contributed by atoms with Crippen LogP contribution in [0.25, 0.3) is 5.88 Å². The Bertz CT molecular complexity index is 518. The first kappa shape index (κ1) is 8.80. The molecule has 0 saturated heterocycles. The molecular formula is C9H11N3O2. The number of H-pyrrole nitrogens is 1. The molecule has 0 amide bonds. The zero-order chi connectivity index (χ0) is 10.3. The second-order valence-electron chi connectivity index (χ2n) is 3.27. The summed E-state index contributed by atoms with van der Waals surface area (Å²) in [7, 11) is 0. The molecule has 2 rings (SSSR count). The van der Waals surface area contributed by atoms with Crippen molar-refractivity contribution < 1.29 is 4.52 Å². The lowest BCUT2D eigenvalue weighted by molar-refractivity contribution is 0.398. The Morgan fingerprint density at radius 1 is 1.43 bits per heavy atom. The van der Waals surface area contributed by atoms with Crippen LogP contribution in [0.1, 0.15) is 17.0 Å². The largest absolute Gasteiger partial charge is 0.337 e. The number of imidazole rings is 1. The van der Waals surface area contributed by atoms with Gasteiger partial charge >= 0.3 is 5.69 Å². The average molecular weight is 193 g/mol. The SMILES string of the molecule is Cc1noc(-n2c(C)c[nH]c2=O)c1C. The maximum Gasteiger partial charge on any atom is 0.332 e. The molecule has 0 aromatic carbocycles. The highest BCUT2D eigenvalue weighted by Gasteiger charge is 2.14. The van der Waals surface area contributed by atoms with E-state index in [1.165, 1.54) is 4.57 Å². The van der Waals surface area contributed by atoms with E-state index >= 15 is 0 Å². The number of rotatable bonds is 1. The fourth-order valence-corrected chi connectivity index (χ4v) is 1.32. The van der Waals surface area contributed by atoms with Gasteiger partial charge in [-0.3, -0.25) is 0 Å². The van der Waals surface area contributed by atoms with Crippen LogP contribution >= 0.6 is 0 Å². The molecule has 0 aliphatic heterocycles. The second kappa shape index (κ2) is 2.87. The molecule has 1 N–H and O–H groups in total. The zero-order valence-electron chi connectivity index (χ0n) is 8.29. The van der Waals surface area contributed by atoms with Gasteiger partial charge in [0.2, 0.25) is 5.88 Å². The van der Waals surface area contributed by atoms with E-state index in [0.717, 1.165) is 17.0 Å². The predicted octanol–water partition coefficient (Wildman–Crippen LogP) is 1.08. The highest BCUT2D eigenvalue weighted by Crippen LogP contribution is 2.16. The van der Waals surface area contributed by atoms with Gasteiger partial charge in [-0.2, -0.15) is 0 Å². The lowest BCUT2D eigenvalue weighted by Crippen LogP contribution is -2.16. The van der Waals surface area contributed by atoms with Crippen molar-refractivity contribution in [2.45, 2.75) is 20.8 Å². The molecule has 0 fully saturated rings. The summed E-state index contributed by atoms with van der Waals surface area (Å²) in [6.07, 6.45) is 1.64. The molecular weight excluding hydrogens is 182 g/mol. The predicted molar refractivity (Wildman–Crippen MR) is 50.7 cm³/mol. The Kier molecular flexibility index (Phi) is 1.80. The summed E-state index contributed by atoms with van der Waals surface area (Å²) in [5.41, 5.74) is 2.28. The van der Waals surface area contributed by atoms with Gasteiger partial charge in [-0.25, -0.2) is 9.36 Å². The van der Waals surface area contributed by atoms with E-state index in [9.17, 15) is 4.79 Å². The second-order valence-corrected chi connectivity index (χ2v) is 3.27. The first-order valence-corrected chi connectivity index (χ1v) is 4.31. The minimum atomic E-state index is -0.207. The summed E-state index contributed by atoms with van der Waals surface area (Å²) >= 11 is 0. The van der Waals surface area contributed by atoms with Crippen LogP contribution < -0.4 is 5.69 Å². The number of hydrogen-bond donors (Lipinski definition) is 1. The third-order valence-corrected chi connectivity index (χ3v) is 2.30. The fourth-order valence-electron chi connectivity index (χ4n) is 1.32. The number of hydrogen-bond acceptors (Lipinski definition) is 3. The molecule has 2 aromatic rings. The quantitative estimate of drug-likeness (QED) is 0.737. The minimum Gasteiger partial charge on any atom is -0.337 e. The average Bonchev–Trinajstić information content (AvgIpc) is 2.62. The van der Waals surface area contributed by atoms with Crippen LogP contribution in [0.3, 0.4) is 0 Å². The molecule has 5 nitrogen and oxygen atoms in total. The van der Waals surface area contributed by atoms with Crippen LogP contribution in [0.15, 0.2) is 15.5 Å². The van der Waals surface area contributed by atoms with E-state index in [0.29, 0.717) is 5.88 Å². The van der Waals surface area contributed by atoms with Gasteiger partial charge in [0, 0.05) is 17.5 Å². The fraction of sp³-hybridized carbons (Fsp3) is 0.333. The standard InChI is InChI=1S/C9H11N3O2/c1-5-4-10-9(13)12(5)8-6(2)7(3)11-14-8/h4H,1-3H3,(H,10,13). The molecule has 0 saturated carbocycles. The first-order valence-electron chi connectivity index (χ1n) is 4.31. The van der Waals surface area contributed by atoms with Crippen molar-refractivity contribution in [3.8, 4) is 5.88 Å². The van der Waals surface area contributed by atoms with Gasteiger partial charge in [0.1, 0.15) is 0 Å². The van der Waals surface area contributed by atoms with Crippen molar-refractivity contribution in [1.82, 2.24) is 14.7 Å². The smallest absolute Gasteiger partial charge is 0.332 e. The van der Waals surface area contributed by atoms with Crippen LogP contribution in [-0.4, -0.2) is 14.7 Å². The van der Waals surface area contributed by atoms with E-state index in [2.05, 4.69) is 10.1 Å². The lowest BCUT2D eigenvalue weighted by Gasteiger charge is -1.98. The molecule has 2 aromatic heterocycles. The molecule has 14 heavy (non-hydrogen) atoms. The van der Waals surface area contributed by atoms with E-state index in [1.807, 2.05) is 20.8 Å². The number of nitrogens with one attached hydrogen (secondary N) is 1. The Balaban J connectivity index is 2.71. The number of aryl methyl sites for hydroxylation is 2. The topological polar surface area (TPSA) is 63.8 Å². The summed E-state index contributed by atoms with van der Waals surface area (Å²) in [4.78, 5) is 14.0. The third kappa shape index (κ3) is 1.09. The molecule has 0 radical (unpaired) electrons. The van der Waals surface area contributed by atoms with Gasteiger partial charge in [0.25, 0.3) is 0 Å². The minimum absolute atomic E-state index is 0.207. The van der Waals surface area contributed by atoms with Gasteiger partial charge in [-0.05, 0) is 20.8 Å². The maximum atomic E-state index is 11.4. The van der Waals surface area contributed by atoms with Gasteiger partial charge in [0.15, 0.2) is 0 Å². The van der Waals surface area contributed by atoms with Crippen LogP contribution in [0.5, 0.6) is 0 Å². The summed E-state index contributed by atoms with van der Waals surface area (Å²) in [6, 6.07) is 0. The maximum absolute atomic E-state index is 11.4. The van der Waals surface area contributed by atoms with Gasteiger partial charge in [-0.1, -0.05) is 5.16 Å². The number of aromatic nitrogens is 3. The summed E-state index contributed by atoms with van der Waals surface area (Å²) in [5, 5.41) is 3.81. The van der Waals surface area contributed by atoms with E-state index in [-0.39, 0.29) is 5.69 Å². The van der Waals surface area contributed by atoms with Crippen molar-refractivity contribution in [3.63, 3.8) is 0 Å².